The van der Waals surface area contributed by atoms with Crippen LogP contribution in [0.1, 0.15) is 35.1 Å². The van der Waals surface area contributed by atoms with Gasteiger partial charge in [-0.1, -0.05) is 39.4 Å². The molecule has 1 fully saturated rings. The fraction of sp³-hybridized carbons (Fsp3) is 0.375. The SMILES string of the molecule is Cc1nc2sc([C@@H](c3cccc(Br)c3)[NH+]3CCCC3)c(O)n2n1. The molecule has 7 heteroatoms. The van der Waals surface area contributed by atoms with Crippen LogP contribution in [0.5, 0.6) is 5.88 Å². The van der Waals surface area contributed by atoms with E-state index in [2.05, 4.69) is 44.2 Å². The maximum Gasteiger partial charge on any atom is 0.235 e. The van der Waals surface area contributed by atoms with Crippen LogP contribution in [0, 0.1) is 6.92 Å². The average Bonchev–Trinajstić information content (AvgIpc) is 3.21. The number of likely N-dealkylation sites (tertiary alicyclic amines) is 1. The van der Waals surface area contributed by atoms with Gasteiger partial charge < -0.3 is 10.0 Å². The Hall–Kier alpha value is -1.44. The van der Waals surface area contributed by atoms with E-state index < -0.39 is 0 Å². The summed E-state index contributed by atoms with van der Waals surface area (Å²) in [6.45, 7) is 4.10. The number of nitrogens with one attached hydrogen (secondary N) is 1. The Kier molecular flexibility index (Phi) is 3.87. The lowest BCUT2D eigenvalue weighted by atomic mass is 10.0. The molecule has 1 aliphatic heterocycles. The summed E-state index contributed by atoms with van der Waals surface area (Å²) < 4.78 is 2.63. The molecule has 2 aromatic heterocycles. The summed E-state index contributed by atoms with van der Waals surface area (Å²) in [6, 6.07) is 8.51. The summed E-state index contributed by atoms with van der Waals surface area (Å²) in [5.74, 6) is 0.917. The van der Waals surface area contributed by atoms with E-state index in [-0.39, 0.29) is 11.9 Å². The predicted octanol–water partition coefficient (Wildman–Crippen LogP) is 2.34. The molecule has 0 saturated carbocycles. The van der Waals surface area contributed by atoms with E-state index in [0.717, 1.165) is 27.4 Å². The third-order valence-corrected chi connectivity index (χ3v) is 5.98. The molecular formula is C16H18BrN4OS+. The highest BCUT2D eigenvalue weighted by atomic mass is 79.9. The molecule has 0 bridgehead atoms. The quantitative estimate of drug-likeness (QED) is 0.717. The van der Waals surface area contributed by atoms with Gasteiger partial charge in [-0.25, -0.2) is 4.98 Å². The summed E-state index contributed by atoms with van der Waals surface area (Å²) in [6.07, 6.45) is 2.47. The van der Waals surface area contributed by atoms with Crippen molar-refractivity contribution in [2.24, 2.45) is 0 Å². The van der Waals surface area contributed by atoms with Gasteiger partial charge in [0.1, 0.15) is 10.7 Å². The molecule has 3 heterocycles. The summed E-state index contributed by atoms with van der Waals surface area (Å²) in [5.41, 5.74) is 1.22. The molecule has 0 spiro atoms. The fourth-order valence-electron chi connectivity index (χ4n) is 3.41. The zero-order valence-corrected chi connectivity index (χ0v) is 15.2. The lowest BCUT2D eigenvalue weighted by Gasteiger charge is -2.24. The molecule has 1 aromatic carbocycles. The van der Waals surface area contributed by atoms with E-state index in [4.69, 9.17) is 0 Å². The predicted molar refractivity (Wildman–Crippen MR) is 93.2 cm³/mol. The van der Waals surface area contributed by atoms with Crippen LogP contribution in [0.2, 0.25) is 0 Å². The third-order valence-electron chi connectivity index (χ3n) is 4.40. The highest BCUT2D eigenvalue weighted by molar-refractivity contribution is 9.10. The third kappa shape index (κ3) is 2.66. The van der Waals surface area contributed by atoms with Gasteiger partial charge in [-0.15, -0.1) is 5.10 Å². The summed E-state index contributed by atoms with van der Waals surface area (Å²) >= 11 is 5.11. The van der Waals surface area contributed by atoms with Crippen LogP contribution in [-0.2, 0) is 0 Å². The van der Waals surface area contributed by atoms with E-state index in [9.17, 15) is 5.11 Å². The van der Waals surface area contributed by atoms with Crippen molar-refractivity contribution in [3.63, 3.8) is 0 Å². The van der Waals surface area contributed by atoms with Crippen LogP contribution < -0.4 is 4.90 Å². The first kappa shape index (κ1) is 15.1. The second-order valence-electron chi connectivity index (χ2n) is 6.00. The Labute approximate surface area is 146 Å². The van der Waals surface area contributed by atoms with Gasteiger partial charge in [0.05, 0.1) is 13.1 Å². The van der Waals surface area contributed by atoms with E-state index in [1.54, 1.807) is 15.9 Å². The number of quaternary nitrogens is 1. The molecule has 4 rings (SSSR count). The summed E-state index contributed by atoms with van der Waals surface area (Å²) in [4.78, 5) is 7.62. The van der Waals surface area contributed by atoms with Crippen molar-refractivity contribution >= 4 is 32.2 Å². The van der Waals surface area contributed by atoms with E-state index in [1.807, 2.05) is 13.0 Å². The largest absolute Gasteiger partial charge is 0.492 e. The van der Waals surface area contributed by atoms with Gasteiger partial charge >= 0.3 is 0 Å². The minimum Gasteiger partial charge on any atom is -0.492 e. The van der Waals surface area contributed by atoms with Crippen molar-refractivity contribution in [2.75, 3.05) is 13.1 Å². The van der Waals surface area contributed by atoms with E-state index in [1.165, 1.54) is 23.3 Å². The lowest BCUT2D eigenvalue weighted by Crippen LogP contribution is -3.10. The number of fused-ring (bicyclic) bond motifs is 1. The summed E-state index contributed by atoms with van der Waals surface area (Å²) in [7, 11) is 0. The Morgan fingerprint density at radius 2 is 2.13 bits per heavy atom. The van der Waals surface area contributed by atoms with Crippen molar-refractivity contribution in [1.82, 2.24) is 14.6 Å². The van der Waals surface area contributed by atoms with Gasteiger partial charge in [-0.05, 0) is 19.1 Å². The van der Waals surface area contributed by atoms with Crippen molar-refractivity contribution in [3.05, 3.63) is 45.0 Å². The van der Waals surface area contributed by atoms with Gasteiger partial charge in [0.15, 0.2) is 6.04 Å². The number of halogens is 1. The van der Waals surface area contributed by atoms with Crippen LogP contribution in [0.3, 0.4) is 0 Å². The van der Waals surface area contributed by atoms with Crippen LogP contribution >= 0.6 is 27.3 Å². The van der Waals surface area contributed by atoms with Crippen LogP contribution in [0.4, 0.5) is 0 Å². The van der Waals surface area contributed by atoms with Crippen molar-refractivity contribution in [3.8, 4) is 5.88 Å². The number of nitrogens with zero attached hydrogens (tertiary/aromatic N) is 3. The average molecular weight is 394 g/mol. The Morgan fingerprint density at radius 1 is 1.35 bits per heavy atom. The van der Waals surface area contributed by atoms with Gasteiger partial charge in [0.2, 0.25) is 10.8 Å². The van der Waals surface area contributed by atoms with Crippen molar-refractivity contribution < 1.29 is 10.0 Å². The Balaban J connectivity index is 1.86. The first-order chi connectivity index (χ1) is 11.1. The molecule has 120 valence electrons. The van der Waals surface area contributed by atoms with Crippen LogP contribution in [0.25, 0.3) is 4.96 Å². The first-order valence-electron chi connectivity index (χ1n) is 7.78. The number of aromatic hydroxyl groups is 1. The molecular weight excluding hydrogens is 376 g/mol. The number of aryl methyl sites for hydroxylation is 1. The molecule has 0 radical (unpaired) electrons. The maximum atomic E-state index is 10.7. The molecule has 0 unspecified atom stereocenters. The van der Waals surface area contributed by atoms with E-state index >= 15 is 0 Å². The Morgan fingerprint density at radius 3 is 2.83 bits per heavy atom. The molecule has 5 nitrogen and oxygen atoms in total. The number of thiazole rings is 1. The monoisotopic (exact) mass is 393 g/mol. The fourth-order valence-corrected chi connectivity index (χ4v) is 5.02. The van der Waals surface area contributed by atoms with Crippen molar-refractivity contribution in [1.29, 1.82) is 0 Å². The molecule has 23 heavy (non-hydrogen) atoms. The smallest absolute Gasteiger partial charge is 0.235 e. The van der Waals surface area contributed by atoms with Gasteiger partial charge in [0.25, 0.3) is 0 Å². The van der Waals surface area contributed by atoms with Gasteiger partial charge in [0, 0.05) is 22.9 Å². The number of benzene rings is 1. The normalized spacial score (nSPS) is 17.1. The molecule has 0 amide bonds. The highest BCUT2D eigenvalue weighted by Crippen LogP contribution is 2.35. The molecule has 1 aliphatic rings. The van der Waals surface area contributed by atoms with Gasteiger partial charge in [-0.3, -0.25) is 0 Å². The molecule has 3 aromatic rings. The molecule has 0 aliphatic carbocycles. The first-order valence-corrected chi connectivity index (χ1v) is 9.39. The number of hydrogen-bond donors (Lipinski definition) is 2. The van der Waals surface area contributed by atoms with Crippen molar-refractivity contribution in [2.45, 2.75) is 25.8 Å². The molecule has 2 N–H and O–H groups in total. The maximum absolute atomic E-state index is 10.7. The van der Waals surface area contributed by atoms with Crippen LogP contribution in [0.15, 0.2) is 28.7 Å². The van der Waals surface area contributed by atoms with Crippen LogP contribution in [-0.4, -0.2) is 32.8 Å². The number of rotatable bonds is 3. The number of aromatic nitrogens is 3. The molecule has 1 saturated heterocycles. The lowest BCUT2D eigenvalue weighted by molar-refractivity contribution is -0.913. The second kappa shape index (κ2) is 5.89. The topological polar surface area (TPSA) is 54.9 Å². The highest BCUT2D eigenvalue weighted by Gasteiger charge is 2.34. The minimum absolute atomic E-state index is 0.129. The molecule has 1 atom stereocenters. The minimum atomic E-state index is 0.129. The van der Waals surface area contributed by atoms with Gasteiger partial charge in [-0.2, -0.15) is 4.52 Å². The zero-order chi connectivity index (χ0) is 16.0. The standard InChI is InChI=1S/C16H17BrN4OS/c1-10-18-16-21(19-10)15(22)14(23-16)13(20-7-2-3-8-20)11-5-4-6-12(17)9-11/h4-6,9,13,22H,2-3,7-8H2,1H3/p+1/t13-/m1/s1. The number of hydrogen-bond acceptors (Lipinski definition) is 4. The zero-order valence-electron chi connectivity index (χ0n) is 12.8. The summed E-state index contributed by atoms with van der Waals surface area (Å²) in [5, 5.41) is 15.0. The Bertz CT molecular complexity index is 853. The second-order valence-corrected chi connectivity index (χ2v) is 7.92. The van der Waals surface area contributed by atoms with E-state index in [0.29, 0.717) is 5.82 Å².